The van der Waals surface area contributed by atoms with Gasteiger partial charge in [-0.05, 0) is 29.8 Å². The van der Waals surface area contributed by atoms with Gasteiger partial charge in [-0.3, -0.25) is 0 Å². The van der Waals surface area contributed by atoms with Crippen LogP contribution in [0.5, 0.6) is 11.5 Å². The van der Waals surface area contributed by atoms with Crippen LogP contribution in [-0.4, -0.2) is 29.0 Å². The van der Waals surface area contributed by atoms with Crippen molar-refractivity contribution in [1.29, 1.82) is 0 Å². The van der Waals surface area contributed by atoms with Crippen molar-refractivity contribution in [1.82, 2.24) is 14.8 Å². The van der Waals surface area contributed by atoms with E-state index in [9.17, 15) is 0 Å². The Morgan fingerprint density at radius 3 is 2.20 bits per heavy atom. The Bertz CT molecular complexity index is 1330. The highest BCUT2D eigenvalue weighted by molar-refractivity contribution is 6.07. The summed E-state index contributed by atoms with van der Waals surface area (Å²) >= 11 is 0. The number of aromatic nitrogens is 3. The van der Waals surface area contributed by atoms with E-state index in [4.69, 9.17) is 19.6 Å². The molecule has 5 nitrogen and oxygen atoms in total. The predicted molar refractivity (Wildman–Crippen MR) is 119 cm³/mol. The van der Waals surface area contributed by atoms with Crippen LogP contribution in [0, 0.1) is 0 Å². The van der Waals surface area contributed by atoms with Crippen LogP contribution in [-0.2, 0) is 6.42 Å². The third-order valence-electron chi connectivity index (χ3n) is 5.30. The van der Waals surface area contributed by atoms with Crippen LogP contribution < -0.4 is 9.47 Å². The molecule has 0 unspecified atom stereocenters. The minimum absolute atomic E-state index is 0.686. The standard InChI is InChI=1S/C25H21N3O2/c1-29-22-14-18-16-26-25-24(20(18)15-23(22)30-2)21(13-17-9-5-3-6-10-17)27-28(25)19-11-7-4-8-12-19/h3-12,14-16H,13H2,1-2H3. The van der Waals surface area contributed by atoms with Gasteiger partial charge in [0.25, 0.3) is 0 Å². The summed E-state index contributed by atoms with van der Waals surface area (Å²) in [6, 6.07) is 24.5. The first kappa shape index (κ1) is 18.2. The molecule has 0 fully saturated rings. The molecule has 5 rings (SSSR count). The highest BCUT2D eigenvalue weighted by Gasteiger charge is 2.18. The number of fused-ring (bicyclic) bond motifs is 3. The van der Waals surface area contributed by atoms with Crippen LogP contribution in [0.2, 0.25) is 0 Å². The third-order valence-corrected chi connectivity index (χ3v) is 5.30. The van der Waals surface area contributed by atoms with Crippen LogP contribution in [0.15, 0.2) is 79.0 Å². The lowest BCUT2D eigenvalue weighted by Crippen LogP contribution is -1.98. The van der Waals surface area contributed by atoms with Crippen molar-refractivity contribution in [2.24, 2.45) is 0 Å². The molecule has 0 radical (unpaired) electrons. The van der Waals surface area contributed by atoms with E-state index in [1.807, 2.05) is 59.4 Å². The van der Waals surface area contributed by atoms with E-state index in [0.717, 1.165) is 33.2 Å². The van der Waals surface area contributed by atoms with E-state index < -0.39 is 0 Å². The Hall–Kier alpha value is -3.86. The Morgan fingerprint density at radius 1 is 0.833 bits per heavy atom. The highest BCUT2D eigenvalue weighted by atomic mass is 16.5. The molecule has 0 saturated heterocycles. The number of pyridine rings is 1. The molecule has 5 heteroatoms. The summed E-state index contributed by atoms with van der Waals surface area (Å²) in [6.45, 7) is 0. The Balaban J connectivity index is 1.82. The molecule has 30 heavy (non-hydrogen) atoms. The zero-order valence-corrected chi connectivity index (χ0v) is 16.9. The van der Waals surface area contributed by atoms with Crippen LogP contribution >= 0.6 is 0 Å². The number of ether oxygens (including phenoxy) is 2. The molecule has 0 bridgehead atoms. The Kier molecular flexibility index (Phi) is 4.56. The molecule has 0 aliphatic carbocycles. The van der Waals surface area contributed by atoms with Gasteiger partial charge in [-0.2, -0.15) is 5.10 Å². The van der Waals surface area contributed by atoms with Crippen molar-refractivity contribution in [3.8, 4) is 17.2 Å². The fourth-order valence-corrected chi connectivity index (χ4v) is 3.86. The largest absolute Gasteiger partial charge is 0.493 e. The van der Waals surface area contributed by atoms with Crippen molar-refractivity contribution in [3.05, 3.63) is 90.3 Å². The van der Waals surface area contributed by atoms with Gasteiger partial charge in [-0.1, -0.05) is 48.5 Å². The average Bonchev–Trinajstić information content (AvgIpc) is 3.18. The fourth-order valence-electron chi connectivity index (χ4n) is 3.86. The molecule has 0 aliphatic heterocycles. The monoisotopic (exact) mass is 395 g/mol. The van der Waals surface area contributed by atoms with Crippen molar-refractivity contribution >= 4 is 21.8 Å². The molecule has 2 heterocycles. The number of rotatable bonds is 5. The molecule has 0 N–H and O–H groups in total. The first-order valence-corrected chi connectivity index (χ1v) is 9.80. The van der Waals surface area contributed by atoms with Gasteiger partial charge in [0.2, 0.25) is 0 Å². The Morgan fingerprint density at radius 2 is 1.50 bits per heavy atom. The number of nitrogens with zero attached hydrogens (tertiary/aromatic N) is 3. The molecule has 5 aromatic rings. The second kappa shape index (κ2) is 7.52. The summed E-state index contributed by atoms with van der Waals surface area (Å²) in [5.41, 5.74) is 3.99. The topological polar surface area (TPSA) is 49.2 Å². The van der Waals surface area contributed by atoms with Gasteiger partial charge in [-0.15, -0.1) is 0 Å². The number of benzene rings is 3. The summed E-state index contributed by atoms with van der Waals surface area (Å²) in [7, 11) is 3.30. The Labute approximate surface area is 174 Å². The second-order valence-corrected chi connectivity index (χ2v) is 7.11. The zero-order valence-electron chi connectivity index (χ0n) is 16.9. The minimum Gasteiger partial charge on any atom is -0.493 e. The van der Waals surface area contributed by atoms with E-state index >= 15 is 0 Å². The van der Waals surface area contributed by atoms with Crippen LogP contribution in [0.3, 0.4) is 0 Å². The lowest BCUT2D eigenvalue weighted by atomic mass is 10.0. The molecule has 148 valence electrons. The lowest BCUT2D eigenvalue weighted by molar-refractivity contribution is 0.356. The zero-order chi connectivity index (χ0) is 20.5. The van der Waals surface area contributed by atoms with Gasteiger partial charge < -0.3 is 9.47 Å². The smallest absolute Gasteiger partial charge is 0.163 e. The molecule has 2 aromatic heterocycles. The van der Waals surface area contributed by atoms with E-state index in [0.29, 0.717) is 17.9 Å². The first-order valence-electron chi connectivity index (χ1n) is 9.80. The van der Waals surface area contributed by atoms with Gasteiger partial charge in [0.05, 0.1) is 31.0 Å². The predicted octanol–water partition coefficient (Wildman–Crippen LogP) is 5.18. The maximum Gasteiger partial charge on any atom is 0.163 e. The average molecular weight is 395 g/mol. The van der Waals surface area contributed by atoms with Crippen molar-refractivity contribution in [2.45, 2.75) is 6.42 Å². The van der Waals surface area contributed by atoms with Gasteiger partial charge in [0, 0.05) is 23.4 Å². The van der Waals surface area contributed by atoms with E-state index in [1.54, 1.807) is 14.2 Å². The highest BCUT2D eigenvalue weighted by Crippen LogP contribution is 2.37. The number of para-hydroxylation sites is 1. The summed E-state index contributed by atoms with van der Waals surface area (Å²) in [5.74, 6) is 1.38. The maximum atomic E-state index is 5.57. The summed E-state index contributed by atoms with van der Waals surface area (Å²) in [6.07, 6.45) is 2.58. The van der Waals surface area contributed by atoms with E-state index in [-0.39, 0.29) is 0 Å². The number of hydrogen-bond donors (Lipinski definition) is 0. The summed E-state index contributed by atoms with van der Waals surface area (Å²) < 4.78 is 13.0. The van der Waals surface area contributed by atoms with E-state index in [2.05, 4.69) is 24.3 Å². The quantitative estimate of drug-likeness (QED) is 0.411. The molecule has 0 atom stereocenters. The molecular weight excluding hydrogens is 374 g/mol. The summed E-state index contributed by atoms with van der Waals surface area (Å²) in [4.78, 5) is 4.78. The molecule has 0 amide bonds. The number of methoxy groups -OCH3 is 2. The van der Waals surface area contributed by atoms with Crippen LogP contribution in [0.4, 0.5) is 0 Å². The molecule has 3 aromatic carbocycles. The molecular formula is C25H21N3O2. The van der Waals surface area contributed by atoms with Gasteiger partial charge >= 0.3 is 0 Å². The second-order valence-electron chi connectivity index (χ2n) is 7.11. The van der Waals surface area contributed by atoms with Gasteiger partial charge in [-0.25, -0.2) is 9.67 Å². The molecule has 0 aliphatic rings. The molecule has 0 spiro atoms. The van der Waals surface area contributed by atoms with Crippen LogP contribution in [0.1, 0.15) is 11.3 Å². The normalized spacial score (nSPS) is 11.1. The fraction of sp³-hybridized carbons (Fsp3) is 0.120. The van der Waals surface area contributed by atoms with Crippen molar-refractivity contribution in [3.63, 3.8) is 0 Å². The van der Waals surface area contributed by atoms with Crippen LogP contribution in [0.25, 0.3) is 27.5 Å². The van der Waals surface area contributed by atoms with Gasteiger partial charge in [0.15, 0.2) is 17.1 Å². The first-order chi connectivity index (χ1) is 14.8. The van der Waals surface area contributed by atoms with E-state index in [1.165, 1.54) is 5.56 Å². The lowest BCUT2D eigenvalue weighted by Gasteiger charge is -2.10. The van der Waals surface area contributed by atoms with Crippen molar-refractivity contribution < 1.29 is 9.47 Å². The van der Waals surface area contributed by atoms with Gasteiger partial charge in [0.1, 0.15) is 0 Å². The minimum atomic E-state index is 0.686. The number of hydrogen-bond acceptors (Lipinski definition) is 4. The summed E-state index contributed by atoms with van der Waals surface area (Å²) in [5, 5.41) is 8.05. The van der Waals surface area contributed by atoms with Crippen molar-refractivity contribution in [2.75, 3.05) is 14.2 Å². The third kappa shape index (κ3) is 3.05. The SMILES string of the molecule is COc1cc2cnc3c(c(Cc4ccccc4)nn3-c3ccccc3)c2cc1OC. The molecule has 0 saturated carbocycles. The maximum absolute atomic E-state index is 5.57.